The number of likely N-dealkylation sites (tertiary alicyclic amines) is 1. The van der Waals surface area contributed by atoms with Crippen LogP contribution in [0.25, 0.3) is 0 Å². The van der Waals surface area contributed by atoms with Crippen LogP contribution >= 0.6 is 0 Å². The molecule has 1 amide bonds. The lowest BCUT2D eigenvalue weighted by atomic mass is 9.89. The summed E-state index contributed by atoms with van der Waals surface area (Å²) in [6, 6.07) is 10.5. The van der Waals surface area contributed by atoms with Crippen LogP contribution in [0, 0.1) is 5.92 Å². The molecule has 4 nitrogen and oxygen atoms in total. The molecule has 0 aliphatic carbocycles. The highest BCUT2D eigenvalue weighted by Gasteiger charge is 2.37. The predicted molar refractivity (Wildman–Crippen MR) is 83.9 cm³/mol. The molecule has 2 heterocycles. The van der Waals surface area contributed by atoms with Gasteiger partial charge in [0, 0.05) is 19.0 Å². The van der Waals surface area contributed by atoms with E-state index < -0.39 is 0 Å². The van der Waals surface area contributed by atoms with Gasteiger partial charge in [-0.2, -0.15) is 0 Å². The van der Waals surface area contributed by atoms with Crippen LogP contribution in [0.15, 0.2) is 30.3 Å². The van der Waals surface area contributed by atoms with Gasteiger partial charge in [-0.25, -0.2) is 0 Å². The number of nitrogens with zero attached hydrogens (tertiary/aromatic N) is 1. The third kappa shape index (κ3) is 3.11. The molecular weight excluding hydrogens is 262 g/mol. The smallest absolute Gasteiger partial charge is 0.239 e. The first-order chi connectivity index (χ1) is 10.3. The molecule has 0 spiro atoms. The molecule has 1 aromatic carbocycles. The second-order valence-corrected chi connectivity index (χ2v) is 6.26. The largest absolute Gasteiger partial charge is 0.340 e. The van der Waals surface area contributed by atoms with Gasteiger partial charge in [0.25, 0.3) is 0 Å². The minimum Gasteiger partial charge on any atom is -0.340 e. The maximum atomic E-state index is 12.7. The van der Waals surface area contributed by atoms with Gasteiger partial charge in [0.1, 0.15) is 0 Å². The summed E-state index contributed by atoms with van der Waals surface area (Å²) in [4.78, 5) is 14.7. The van der Waals surface area contributed by atoms with Gasteiger partial charge < -0.3 is 16.0 Å². The van der Waals surface area contributed by atoms with Gasteiger partial charge in [-0.15, -0.1) is 0 Å². The Hall–Kier alpha value is -1.39. The molecule has 114 valence electrons. The van der Waals surface area contributed by atoms with E-state index in [0.717, 1.165) is 32.5 Å². The molecule has 0 unspecified atom stereocenters. The molecule has 0 radical (unpaired) electrons. The van der Waals surface area contributed by atoms with Crippen LogP contribution in [0.5, 0.6) is 0 Å². The first-order valence-corrected chi connectivity index (χ1v) is 8.07. The van der Waals surface area contributed by atoms with E-state index in [9.17, 15) is 4.79 Å². The van der Waals surface area contributed by atoms with Crippen molar-refractivity contribution in [2.75, 3.05) is 26.2 Å². The number of amides is 1. The van der Waals surface area contributed by atoms with E-state index in [0.29, 0.717) is 18.4 Å². The highest BCUT2D eigenvalue weighted by molar-refractivity contribution is 5.82. The lowest BCUT2D eigenvalue weighted by molar-refractivity contribution is -0.133. The van der Waals surface area contributed by atoms with Gasteiger partial charge >= 0.3 is 0 Å². The Kier molecular flexibility index (Phi) is 4.56. The van der Waals surface area contributed by atoms with Crippen molar-refractivity contribution in [1.29, 1.82) is 0 Å². The van der Waals surface area contributed by atoms with Crippen molar-refractivity contribution in [3.63, 3.8) is 0 Å². The molecule has 2 fully saturated rings. The summed E-state index contributed by atoms with van der Waals surface area (Å²) in [5.41, 5.74) is 7.25. The van der Waals surface area contributed by atoms with Crippen molar-refractivity contribution >= 4 is 5.91 Å². The third-order valence-corrected chi connectivity index (χ3v) is 4.89. The summed E-state index contributed by atoms with van der Waals surface area (Å²) < 4.78 is 0. The number of piperidine rings is 1. The van der Waals surface area contributed by atoms with Crippen LogP contribution in [0.3, 0.4) is 0 Å². The van der Waals surface area contributed by atoms with Crippen LogP contribution in [0.4, 0.5) is 0 Å². The molecule has 0 bridgehead atoms. The fourth-order valence-electron chi connectivity index (χ4n) is 3.65. The van der Waals surface area contributed by atoms with E-state index in [1.807, 2.05) is 11.0 Å². The van der Waals surface area contributed by atoms with E-state index in [-0.39, 0.29) is 11.9 Å². The maximum Gasteiger partial charge on any atom is 0.239 e. The second kappa shape index (κ2) is 6.58. The molecule has 2 aliphatic heterocycles. The van der Waals surface area contributed by atoms with Crippen LogP contribution in [-0.2, 0) is 4.79 Å². The van der Waals surface area contributed by atoms with Crippen molar-refractivity contribution in [3.8, 4) is 0 Å². The van der Waals surface area contributed by atoms with E-state index >= 15 is 0 Å². The highest BCUT2D eigenvalue weighted by atomic mass is 16.2. The number of benzene rings is 1. The Morgan fingerprint density at radius 1 is 1.24 bits per heavy atom. The monoisotopic (exact) mass is 287 g/mol. The summed E-state index contributed by atoms with van der Waals surface area (Å²) in [5, 5.41) is 3.36. The van der Waals surface area contributed by atoms with Crippen molar-refractivity contribution in [2.24, 2.45) is 11.7 Å². The quantitative estimate of drug-likeness (QED) is 0.882. The van der Waals surface area contributed by atoms with E-state index in [1.54, 1.807) is 0 Å². The van der Waals surface area contributed by atoms with Crippen molar-refractivity contribution in [1.82, 2.24) is 10.2 Å². The van der Waals surface area contributed by atoms with Crippen LogP contribution in [-0.4, -0.2) is 43.0 Å². The van der Waals surface area contributed by atoms with Gasteiger partial charge in [0.15, 0.2) is 0 Å². The Morgan fingerprint density at radius 3 is 2.71 bits per heavy atom. The van der Waals surface area contributed by atoms with Crippen molar-refractivity contribution < 1.29 is 4.79 Å². The Labute approximate surface area is 126 Å². The number of carbonyl (C=O) groups is 1. The molecule has 3 rings (SSSR count). The Balaban J connectivity index is 1.70. The molecule has 2 aliphatic rings. The van der Waals surface area contributed by atoms with Gasteiger partial charge in [0.2, 0.25) is 5.91 Å². The average Bonchev–Trinajstić information content (AvgIpc) is 3.00. The summed E-state index contributed by atoms with van der Waals surface area (Å²) in [5.74, 6) is 1.02. The zero-order valence-corrected chi connectivity index (χ0v) is 12.5. The van der Waals surface area contributed by atoms with E-state index in [4.69, 9.17) is 5.73 Å². The predicted octanol–water partition coefficient (Wildman–Crippen LogP) is 1.33. The number of nitrogens with one attached hydrogen (secondary N) is 1. The lowest BCUT2D eigenvalue weighted by Crippen LogP contribution is -2.48. The normalized spacial score (nSPS) is 29.6. The first-order valence-electron chi connectivity index (χ1n) is 8.07. The lowest BCUT2D eigenvalue weighted by Gasteiger charge is -2.27. The number of rotatable bonds is 3. The molecule has 3 atom stereocenters. The molecular formula is C17H25N3O. The highest BCUT2D eigenvalue weighted by Crippen LogP contribution is 2.32. The number of nitrogens with two attached hydrogens (primary N) is 1. The zero-order valence-electron chi connectivity index (χ0n) is 12.5. The van der Waals surface area contributed by atoms with Gasteiger partial charge in [0.05, 0.1) is 6.04 Å². The second-order valence-electron chi connectivity index (χ2n) is 6.26. The van der Waals surface area contributed by atoms with Crippen LogP contribution < -0.4 is 11.1 Å². The summed E-state index contributed by atoms with van der Waals surface area (Å²) in [7, 11) is 0. The Bertz CT molecular complexity index is 470. The average molecular weight is 287 g/mol. The fraction of sp³-hybridized carbons (Fsp3) is 0.588. The first kappa shape index (κ1) is 14.5. The zero-order chi connectivity index (χ0) is 14.7. The van der Waals surface area contributed by atoms with E-state index in [2.05, 4.69) is 29.6 Å². The summed E-state index contributed by atoms with van der Waals surface area (Å²) >= 11 is 0. The molecule has 21 heavy (non-hydrogen) atoms. The molecule has 0 saturated carbocycles. The SMILES string of the molecule is NC[C@@H]1CN(C(=O)[C@H]2CCCCN2)C[C@H]1c1ccccc1. The van der Waals surface area contributed by atoms with Gasteiger partial charge in [-0.3, -0.25) is 4.79 Å². The summed E-state index contributed by atoms with van der Waals surface area (Å²) in [6.07, 6.45) is 3.31. The molecule has 2 saturated heterocycles. The van der Waals surface area contributed by atoms with Gasteiger partial charge in [-0.05, 0) is 37.4 Å². The molecule has 4 heteroatoms. The number of hydrogen-bond acceptors (Lipinski definition) is 3. The third-order valence-electron chi connectivity index (χ3n) is 4.89. The number of carbonyl (C=O) groups excluding carboxylic acids is 1. The minimum atomic E-state index is 0.0201. The minimum absolute atomic E-state index is 0.0201. The van der Waals surface area contributed by atoms with Crippen LogP contribution in [0.2, 0.25) is 0 Å². The van der Waals surface area contributed by atoms with Gasteiger partial charge in [-0.1, -0.05) is 36.8 Å². The molecule has 1 aromatic rings. The topological polar surface area (TPSA) is 58.4 Å². The fourth-order valence-corrected chi connectivity index (χ4v) is 3.65. The number of hydrogen-bond donors (Lipinski definition) is 2. The standard InChI is InChI=1S/C17H25N3O/c18-10-14-11-20(17(21)16-8-4-5-9-19-16)12-15(14)13-6-2-1-3-7-13/h1-3,6-7,14-16,19H,4-5,8-12,18H2/t14-,15+,16-/m1/s1. The molecule has 3 N–H and O–H groups in total. The Morgan fingerprint density at radius 2 is 2.05 bits per heavy atom. The maximum absolute atomic E-state index is 12.7. The van der Waals surface area contributed by atoms with Crippen LogP contribution in [0.1, 0.15) is 30.7 Å². The van der Waals surface area contributed by atoms with E-state index in [1.165, 1.54) is 12.0 Å². The summed E-state index contributed by atoms with van der Waals surface area (Å²) in [6.45, 7) is 3.21. The van der Waals surface area contributed by atoms with Crippen molar-refractivity contribution in [2.45, 2.75) is 31.2 Å². The van der Waals surface area contributed by atoms with Crippen molar-refractivity contribution in [3.05, 3.63) is 35.9 Å². The molecule has 0 aromatic heterocycles.